The van der Waals surface area contributed by atoms with Gasteiger partial charge in [-0.05, 0) is 35.9 Å². The Morgan fingerprint density at radius 1 is 0.781 bits per heavy atom. The van der Waals surface area contributed by atoms with Crippen LogP contribution in [0.5, 0.6) is 23.0 Å². The second-order valence-electron chi connectivity index (χ2n) is 7.09. The molecule has 0 saturated heterocycles. The fourth-order valence-corrected chi connectivity index (χ4v) is 3.76. The Kier molecular flexibility index (Phi) is 6.19. The molecule has 0 unspecified atom stereocenters. The molecule has 3 aromatic carbocycles. The third-order valence-corrected chi connectivity index (χ3v) is 5.30. The van der Waals surface area contributed by atoms with Crippen molar-refractivity contribution in [2.24, 2.45) is 0 Å². The van der Waals surface area contributed by atoms with Gasteiger partial charge in [0.15, 0.2) is 11.5 Å². The average molecular weight is 448 g/mol. The standard InChI is InChI=1S/C26H21NO4.ClH/c1-28-23-9-5-3-7-17(23)11-12-18-13-21(19-8-4-6-10-24(19)29-2)27-22-15-26-25(14-20(18)22)30-16-31-26;/h3-15H,16H2,1-2H3;1H. The SMILES string of the molecule is COc1ccccc1C=Cc1cc(-c2ccccc2OC)nc2cc3c(cc12)OCO3.Cl. The van der Waals surface area contributed by atoms with E-state index in [1.165, 1.54) is 0 Å². The number of para-hydroxylation sites is 2. The summed E-state index contributed by atoms with van der Waals surface area (Å²) < 4.78 is 22.2. The van der Waals surface area contributed by atoms with Crippen LogP contribution >= 0.6 is 12.4 Å². The number of fused-ring (bicyclic) bond motifs is 2. The predicted octanol–water partition coefficient (Wildman–Crippen LogP) is 6.24. The average Bonchev–Trinajstić information content (AvgIpc) is 3.28. The maximum atomic E-state index is 5.60. The van der Waals surface area contributed by atoms with E-state index in [0.717, 1.165) is 50.5 Å². The number of methoxy groups -OCH3 is 2. The number of hydrogen-bond acceptors (Lipinski definition) is 5. The van der Waals surface area contributed by atoms with Crippen molar-refractivity contribution in [3.8, 4) is 34.3 Å². The van der Waals surface area contributed by atoms with Gasteiger partial charge in [-0.25, -0.2) is 4.98 Å². The normalized spacial score (nSPS) is 12.1. The lowest BCUT2D eigenvalue weighted by molar-refractivity contribution is 0.174. The molecule has 6 heteroatoms. The van der Waals surface area contributed by atoms with E-state index in [-0.39, 0.29) is 19.2 Å². The number of hydrogen-bond donors (Lipinski definition) is 0. The van der Waals surface area contributed by atoms with Crippen molar-refractivity contribution in [2.45, 2.75) is 0 Å². The van der Waals surface area contributed by atoms with Crippen molar-refractivity contribution in [1.82, 2.24) is 4.98 Å². The third-order valence-electron chi connectivity index (χ3n) is 5.30. The number of pyridine rings is 1. The fourth-order valence-electron chi connectivity index (χ4n) is 3.76. The molecule has 5 rings (SSSR count). The summed E-state index contributed by atoms with van der Waals surface area (Å²) in [5.74, 6) is 3.03. The third kappa shape index (κ3) is 3.95. The highest BCUT2D eigenvalue weighted by molar-refractivity contribution is 5.95. The molecule has 0 bridgehead atoms. The molecular weight excluding hydrogens is 426 g/mol. The van der Waals surface area contributed by atoms with Crippen LogP contribution in [0.4, 0.5) is 0 Å². The van der Waals surface area contributed by atoms with Crippen LogP contribution in [-0.2, 0) is 0 Å². The van der Waals surface area contributed by atoms with Gasteiger partial charge in [0.2, 0.25) is 6.79 Å². The zero-order valence-corrected chi connectivity index (χ0v) is 18.5. The van der Waals surface area contributed by atoms with Crippen LogP contribution in [0.15, 0.2) is 66.7 Å². The minimum absolute atomic E-state index is 0. The van der Waals surface area contributed by atoms with E-state index >= 15 is 0 Å². The van der Waals surface area contributed by atoms with Gasteiger partial charge in [-0.15, -0.1) is 12.4 Å². The maximum absolute atomic E-state index is 5.60. The van der Waals surface area contributed by atoms with Gasteiger partial charge in [-0.3, -0.25) is 0 Å². The molecule has 0 amide bonds. The summed E-state index contributed by atoms with van der Waals surface area (Å²) >= 11 is 0. The summed E-state index contributed by atoms with van der Waals surface area (Å²) in [7, 11) is 3.34. The van der Waals surface area contributed by atoms with Gasteiger partial charge < -0.3 is 18.9 Å². The van der Waals surface area contributed by atoms with Crippen LogP contribution in [0.2, 0.25) is 0 Å². The van der Waals surface area contributed by atoms with E-state index in [2.05, 4.69) is 12.1 Å². The number of rotatable bonds is 5. The Morgan fingerprint density at radius 3 is 2.22 bits per heavy atom. The highest BCUT2D eigenvalue weighted by Crippen LogP contribution is 2.39. The summed E-state index contributed by atoms with van der Waals surface area (Å²) in [6, 6.07) is 21.8. The number of aromatic nitrogens is 1. The van der Waals surface area contributed by atoms with Gasteiger partial charge in [0.05, 0.1) is 25.4 Å². The van der Waals surface area contributed by atoms with Gasteiger partial charge in [0, 0.05) is 22.6 Å². The molecule has 0 spiro atoms. The first-order valence-corrected chi connectivity index (χ1v) is 9.95. The van der Waals surface area contributed by atoms with Crippen LogP contribution in [-0.4, -0.2) is 26.0 Å². The second kappa shape index (κ2) is 9.20. The summed E-state index contributed by atoms with van der Waals surface area (Å²) in [6.07, 6.45) is 4.12. The molecule has 32 heavy (non-hydrogen) atoms. The summed E-state index contributed by atoms with van der Waals surface area (Å²) in [5.41, 5.74) is 4.58. The Labute approximate surface area is 192 Å². The van der Waals surface area contributed by atoms with E-state index in [9.17, 15) is 0 Å². The highest BCUT2D eigenvalue weighted by Gasteiger charge is 2.18. The van der Waals surface area contributed by atoms with Crippen LogP contribution in [0.25, 0.3) is 34.3 Å². The van der Waals surface area contributed by atoms with E-state index in [1.807, 2.05) is 66.7 Å². The Balaban J connectivity index is 0.00000245. The van der Waals surface area contributed by atoms with Crippen LogP contribution < -0.4 is 18.9 Å². The van der Waals surface area contributed by atoms with E-state index < -0.39 is 0 Å². The van der Waals surface area contributed by atoms with Crippen molar-refractivity contribution >= 4 is 35.5 Å². The lowest BCUT2D eigenvalue weighted by Gasteiger charge is -2.11. The van der Waals surface area contributed by atoms with Crippen LogP contribution in [0.3, 0.4) is 0 Å². The molecule has 2 heterocycles. The smallest absolute Gasteiger partial charge is 0.231 e. The zero-order valence-electron chi connectivity index (χ0n) is 17.7. The molecule has 4 aromatic rings. The molecule has 1 aliphatic rings. The van der Waals surface area contributed by atoms with Crippen LogP contribution in [0.1, 0.15) is 11.1 Å². The molecule has 0 atom stereocenters. The van der Waals surface area contributed by atoms with Crippen molar-refractivity contribution in [1.29, 1.82) is 0 Å². The van der Waals surface area contributed by atoms with Gasteiger partial charge in [-0.2, -0.15) is 0 Å². The largest absolute Gasteiger partial charge is 0.496 e. The summed E-state index contributed by atoms with van der Waals surface area (Å²) in [5, 5.41) is 0.981. The number of nitrogens with zero attached hydrogens (tertiary/aromatic N) is 1. The van der Waals surface area contributed by atoms with E-state index in [0.29, 0.717) is 5.75 Å². The molecule has 0 aliphatic carbocycles. The molecule has 1 aliphatic heterocycles. The molecule has 1 aromatic heterocycles. The molecule has 0 fully saturated rings. The Morgan fingerprint density at radius 2 is 1.44 bits per heavy atom. The summed E-state index contributed by atoms with van der Waals surface area (Å²) in [6.45, 7) is 0.220. The molecule has 5 nitrogen and oxygen atoms in total. The minimum Gasteiger partial charge on any atom is -0.496 e. The second-order valence-corrected chi connectivity index (χ2v) is 7.09. The first kappa shape index (κ1) is 21.5. The molecule has 0 saturated carbocycles. The lowest BCUT2D eigenvalue weighted by atomic mass is 10.0. The Bertz CT molecular complexity index is 1300. The first-order valence-electron chi connectivity index (χ1n) is 9.95. The Hall–Kier alpha value is -3.70. The van der Waals surface area contributed by atoms with Gasteiger partial charge in [0.25, 0.3) is 0 Å². The van der Waals surface area contributed by atoms with Gasteiger partial charge in [0.1, 0.15) is 11.5 Å². The van der Waals surface area contributed by atoms with Crippen molar-refractivity contribution in [3.63, 3.8) is 0 Å². The first-order chi connectivity index (χ1) is 15.3. The number of benzene rings is 3. The lowest BCUT2D eigenvalue weighted by Crippen LogP contribution is -1.93. The maximum Gasteiger partial charge on any atom is 0.231 e. The van der Waals surface area contributed by atoms with E-state index in [1.54, 1.807) is 14.2 Å². The topological polar surface area (TPSA) is 49.8 Å². The molecule has 0 radical (unpaired) electrons. The monoisotopic (exact) mass is 447 g/mol. The van der Waals surface area contributed by atoms with Crippen molar-refractivity contribution < 1.29 is 18.9 Å². The molecule has 162 valence electrons. The van der Waals surface area contributed by atoms with Gasteiger partial charge in [-0.1, -0.05) is 42.5 Å². The quantitative estimate of drug-likeness (QED) is 0.362. The zero-order chi connectivity index (χ0) is 21.2. The summed E-state index contributed by atoms with van der Waals surface area (Å²) in [4.78, 5) is 4.91. The fraction of sp³-hybridized carbons (Fsp3) is 0.115. The predicted molar refractivity (Wildman–Crippen MR) is 129 cm³/mol. The molecule has 0 N–H and O–H groups in total. The van der Waals surface area contributed by atoms with E-state index in [4.69, 9.17) is 23.9 Å². The van der Waals surface area contributed by atoms with Crippen LogP contribution in [0, 0.1) is 0 Å². The number of ether oxygens (including phenoxy) is 4. The van der Waals surface area contributed by atoms with Crippen molar-refractivity contribution in [2.75, 3.05) is 21.0 Å². The minimum atomic E-state index is 0. The highest BCUT2D eigenvalue weighted by atomic mass is 35.5. The molecular formula is C26H22ClNO4. The van der Waals surface area contributed by atoms with Gasteiger partial charge >= 0.3 is 0 Å². The number of halogens is 1. The van der Waals surface area contributed by atoms with Crippen molar-refractivity contribution in [3.05, 3.63) is 77.9 Å².